The van der Waals surface area contributed by atoms with Gasteiger partial charge in [0.25, 0.3) is 0 Å². The fourth-order valence-corrected chi connectivity index (χ4v) is 7.53. The number of esters is 1. The third-order valence-electron chi connectivity index (χ3n) is 10.8. The van der Waals surface area contributed by atoms with Crippen molar-refractivity contribution in [2.24, 2.45) is 11.8 Å². The van der Waals surface area contributed by atoms with Gasteiger partial charge in [0, 0.05) is 49.5 Å². The van der Waals surface area contributed by atoms with Gasteiger partial charge in [0.2, 0.25) is 0 Å². The van der Waals surface area contributed by atoms with Gasteiger partial charge in [-0.05, 0) is 72.0 Å². The van der Waals surface area contributed by atoms with Crippen LogP contribution in [0.1, 0.15) is 93.9 Å². The molecule has 11 heteroatoms. The molecule has 10 unspecified atom stereocenters. The highest BCUT2D eigenvalue weighted by Crippen LogP contribution is 2.38. The molecule has 0 spiro atoms. The molecule has 4 heterocycles. The maximum Gasteiger partial charge on any atom is 0.410 e. The van der Waals surface area contributed by atoms with E-state index in [4.69, 9.17) is 14.2 Å². The Hall–Kier alpha value is -2.28. The first kappa shape index (κ1) is 38.5. The predicted molar refractivity (Wildman–Crippen MR) is 182 cm³/mol. The molecule has 48 heavy (non-hydrogen) atoms. The van der Waals surface area contributed by atoms with Crippen molar-refractivity contribution in [2.75, 3.05) is 13.1 Å². The molecule has 0 aliphatic carbocycles. The lowest BCUT2D eigenvalue weighted by molar-refractivity contribution is -0.151. The summed E-state index contributed by atoms with van der Waals surface area (Å²) < 4.78 is 17.6. The van der Waals surface area contributed by atoms with Gasteiger partial charge in [-0.1, -0.05) is 45.1 Å². The molecule has 3 fully saturated rings. The average Bonchev–Trinajstić information content (AvgIpc) is 3.43. The number of hydrogen-bond donors (Lipinski definition) is 4. The fraction of sp³-hybridized carbons (Fsp3) is 0.784. The number of cyclic esters (lactones) is 1. The van der Waals surface area contributed by atoms with Crippen LogP contribution in [-0.4, -0.2) is 121 Å². The third kappa shape index (κ3) is 9.69. The molecule has 12 atom stereocenters. The van der Waals surface area contributed by atoms with Crippen LogP contribution in [0.4, 0.5) is 4.79 Å². The minimum atomic E-state index is -1.48. The number of allylic oxidation sites excluding steroid dienone is 2. The summed E-state index contributed by atoms with van der Waals surface area (Å²) in [6.07, 6.45) is 6.74. The van der Waals surface area contributed by atoms with Crippen LogP contribution in [-0.2, 0) is 19.0 Å². The molecule has 4 N–H and O–H groups in total. The lowest BCUT2D eigenvalue weighted by Crippen LogP contribution is -2.52. The van der Waals surface area contributed by atoms with E-state index in [1.807, 2.05) is 27.7 Å². The molecule has 0 saturated carbocycles. The topological polar surface area (TPSA) is 153 Å². The highest BCUT2D eigenvalue weighted by atomic mass is 16.6. The van der Waals surface area contributed by atoms with Crippen LogP contribution in [0.3, 0.4) is 0 Å². The van der Waals surface area contributed by atoms with Crippen molar-refractivity contribution in [3.8, 4) is 0 Å². The van der Waals surface area contributed by atoms with Crippen LogP contribution in [0.15, 0.2) is 36.0 Å². The SMILES string of the molecule is CCC(O)C(C)C1OC1CC(C)(O)C=C/C=C(\C)C1OC(=O)CC(O)CCC(C)(O)C(OC(=O)N2C[C@@H]3C[C@H]2CN3C(C)C)/C=C/C1C. The van der Waals surface area contributed by atoms with Gasteiger partial charge in [-0.2, -0.15) is 0 Å². The van der Waals surface area contributed by atoms with E-state index in [9.17, 15) is 30.0 Å². The van der Waals surface area contributed by atoms with Crippen molar-refractivity contribution in [1.82, 2.24) is 9.80 Å². The number of aliphatic hydroxyl groups is 4. The molecular formula is C37H60N2O9. The zero-order valence-electron chi connectivity index (χ0n) is 30.1. The number of likely N-dealkylation sites (tertiary alicyclic amines) is 2. The number of carbonyl (C=O) groups excluding carboxylic acids is 2. The number of piperazine rings is 1. The second-order valence-corrected chi connectivity index (χ2v) is 15.5. The molecule has 4 aliphatic heterocycles. The van der Waals surface area contributed by atoms with E-state index >= 15 is 0 Å². The van der Waals surface area contributed by atoms with Crippen LogP contribution >= 0.6 is 0 Å². The summed E-state index contributed by atoms with van der Waals surface area (Å²) in [5.41, 5.74) is -1.93. The number of fused-ring (bicyclic) bond motifs is 2. The van der Waals surface area contributed by atoms with Crippen molar-refractivity contribution >= 4 is 12.1 Å². The van der Waals surface area contributed by atoms with E-state index in [1.165, 1.54) is 0 Å². The Morgan fingerprint density at radius 2 is 1.94 bits per heavy atom. The van der Waals surface area contributed by atoms with E-state index in [-0.39, 0.29) is 49.3 Å². The van der Waals surface area contributed by atoms with Crippen molar-refractivity contribution in [2.45, 2.75) is 160 Å². The molecule has 3 saturated heterocycles. The Balaban J connectivity index is 1.46. The molecule has 0 radical (unpaired) electrons. The number of epoxide rings is 1. The number of rotatable bonds is 10. The molecule has 272 valence electrons. The van der Waals surface area contributed by atoms with Gasteiger partial charge < -0.3 is 39.5 Å². The van der Waals surface area contributed by atoms with Gasteiger partial charge >= 0.3 is 12.1 Å². The minimum absolute atomic E-state index is 0.0106. The molecule has 4 aliphatic rings. The quantitative estimate of drug-likeness (QED) is 0.116. The van der Waals surface area contributed by atoms with E-state index < -0.39 is 47.7 Å². The zero-order valence-corrected chi connectivity index (χ0v) is 30.1. The number of ether oxygens (including phenoxy) is 3. The number of nitrogens with zero attached hydrogens (tertiary/aromatic N) is 2. The average molecular weight is 677 g/mol. The summed E-state index contributed by atoms with van der Waals surface area (Å²) in [7, 11) is 0. The number of carbonyl (C=O) groups is 2. The summed E-state index contributed by atoms with van der Waals surface area (Å²) in [6, 6.07) is 0.784. The molecule has 4 rings (SSSR count). The Bertz CT molecular complexity index is 1210. The highest BCUT2D eigenvalue weighted by molar-refractivity contribution is 5.70. The normalized spacial score (nSPS) is 38.2. The molecule has 1 amide bonds. The third-order valence-corrected chi connectivity index (χ3v) is 10.8. The van der Waals surface area contributed by atoms with Gasteiger partial charge in [0.15, 0.2) is 6.10 Å². The minimum Gasteiger partial charge on any atom is -0.457 e. The number of aliphatic hydroxyl groups excluding tert-OH is 2. The van der Waals surface area contributed by atoms with Crippen LogP contribution in [0, 0.1) is 11.8 Å². The van der Waals surface area contributed by atoms with E-state index in [0.717, 1.165) is 13.0 Å². The Kier molecular flexibility index (Phi) is 12.6. The monoisotopic (exact) mass is 676 g/mol. The summed E-state index contributed by atoms with van der Waals surface area (Å²) in [4.78, 5) is 30.5. The van der Waals surface area contributed by atoms with Crippen LogP contribution in [0.25, 0.3) is 0 Å². The molecule has 11 nitrogen and oxygen atoms in total. The Labute approximate surface area is 286 Å². The molecule has 0 aromatic heterocycles. The highest BCUT2D eigenvalue weighted by Gasteiger charge is 2.48. The molecule has 2 bridgehead atoms. The zero-order chi connectivity index (χ0) is 35.6. The van der Waals surface area contributed by atoms with Gasteiger partial charge in [0.05, 0.1) is 36.4 Å². The maximum atomic E-state index is 13.4. The summed E-state index contributed by atoms with van der Waals surface area (Å²) in [5.74, 6) is -0.940. The Morgan fingerprint density at radius 3 is 2.56 bits per heavy atom. The summed E-state index contributed by atoms with van der Waals surface area (Å²) >= 11 is 0. The first-order valence-electron chi connectivity index (χ1n) is 17.9. The molecule has 0 aromatic rings. The van der Waals surface area contributed by atoms with Crippen molar-refractivity contribution < 1.29 is 44.2 Å². The van der Waals surface area contributed by atoms with E-state index in [0.29, 0.717) is 37.0 Å². The predicted octanol–water partition coefficient (Wildman–Crippen LogP) is 3.88. The van der Waals surface area contributed by atoms with Gasteiger partial charge in [-0.15, -0.1) is 0 Å². The van der Waals surface area contributed by atoms with Crippen molar-refractivity contribution in [1.29, 1.82) is 0 Å². The number of hydrogen-bond acceptors (Lipinski definition) is 10. The van der Waals surface area contributed by atoms with Crippen LogP contribution in [0.5, 0.6) is 0 Å². The number of amides is 1. The van der Waals surface area contributed by atoms with Crippen LogP contribution < -0.4 is 0 Å². The fourth-order valence-electron chi connectivity index (χ4n) is 7.53. The van der Waals surface area contributed by atoms with E-state index in [1.54, 1.807) is 49.1 Å². The van der Waals surface area contributed by atoms with Crippen molar-refractivity contribution in [3.05, 3.63) is 36.0 Å². The lowest BCUT2D eigenvalue weighted by Gasteiger charge is -2.38. The van der Waals surface area contributed by atoms with Crippen molar-refractivity contribution in [3.63, 3.8) is 0 Å². The second-order valence-electron chi connectivity index (χ2n) is 15.5. The van der Waals surface area contributed by atoms with Gasteiger partial charge in [0.1, 0.15) is 11.7 Å². The van der Waals surface area contributed by atoms with E-state index in [2.05, 4.69) is 18.7 Å². The first-order chi connectivity index (χ1) is 22.4. The van der Waals surface area contributed by atoms with Crippen LogP contribution in [0.2, 0.25) is 0 Å². The Morgan fingerprint density at radius 1 is 1.23 bits per heavy atom. The maximum absolute atomic E-state index is 13.4. The smallest absolute Gasteiger partial charge is 0.410 e. The largest absolute Gasteiger partial charge is 0.457 e. The molecule has 0 aromatic carbocycles. The first-order valence-corrected chi connectivity index (χ1v) is 17.9. The van der Waals surface area contributed by atoms with Gasteiger partial charge in [-0.25, -0.2) is 4.79 Å². The lowest BCUT2D eigenvalue weighted by atomic mass is 9.88. The van der Waals surface area contributed by atoms with Gasteiger partial charge in [-0.3, -0.25) is 9.69 Å². The summed E-state index contributed by atoms with van der Waals surface area (Å²) in [5, 5.41) is 43.3. The molecular weight excluding hydrogens is 616 g/mol. The second kappa shape index (κ2) is 15.7. The standard InChI is InChI=1S/C37H60N2O9/c1-9-29(41)25(6)34-30(46-34)19-36(7,44)15-10-11-23(4)33-24(5)12-13-31(37(8,45)16-14-28(40)18-32(42)48-33)47-35(43)39-21-26-17-27(39)20-38(26)22(2)3/h10-13,15,22,24-31,33-34,40-41,44-45H,9,14,16-21H2,1-8H3/b13-12+,15-10?,23-11+/t24?,25?,26-,27-,28?,29?,30?,31?,33?,34?,36?,37?/m0/s1. The summed E-state index contributed by atoms with van der Waals surface area (Å²) in [6.45, 7) is 16.6.